The van der Waals surface area contributed by atoms with Gasteiger partial charge in [-0.05, 0) is 60.4 Å². The molecule has 0 spiro atoms. The number of methoxy groups -OCH3 is 1. The molecule has 0 saturated heterocycles. The van der Waals surface area contributed by atoms with Gasteiger partial charge in [-0.15, -0.1) is 11.3 Å². The molecular formula is C25H23N3O3S. The zero-order valence-corrected chi connectivity index (χ0v) is 18.5. The summed E-state index contributed by atoms with van der Waals surface area (Å²) >= 11 is 1.56. The van der Waals surface area contributed by atoms with E-state index in [0.717, 1.165) is 32.1 Å². The highest BCUT2D eigenvalue weighted by molar-refractivity contribution is 7.21. The molecule has 2 N–H and O–H groups in total. The number of rotatable bonds is 6. The summed E-state index contributed by atoms with van der Waals surface area (Å²) in [6.45, 7) is 0. The summed E-state index contributed by atoms with van der Waals surface area (Å²) in [5.74, 6) is 1.71. The Hall–Kier alpha value is -3.45. The molecule has 0 atom stereocenters. The van der Waals surface area contributed by atoms with Gasteiger partial charge in [0.05, 0.1) is 13.5 Å². The van der Waals surface area contributed by atoms with E-state index in [1.807, 2.05) is 48.5 Å². The number of carbonyl (C=O) groups is 1. The van der Waals surface area contributed by atoms with Gasteiger partial charge in [0.1, 0.15) is 5.75 Å². The predicted octanol–water partition coefficient (Wildman–Crippen LogP) is 5.11. The van der Waals surface area contributed by atoms with Crippen LogP contribution in [0.4, 0.5) is 5.82 Å². The number of aromatic nitrogens is 2. The zero-order chi connectivity index (χ0) is 22.1. The average Bonchev–Trinajstić information content (AvgIpc) is 3.20. The van der Waals surface area contributed by atoms with E-state index in [1.54, 1.807) is 24.5 Å². The van der Waals surface area contributed by atoms with Crippen LogP contribution in [-0.2, 0) is 11.2 Å². The Labute approximate surface area is 189 Å². The summed E-state index contributed by atoms with van der Waals surface area (Å²) in [7, 11) is 1.63. The van der Waals surface area contributed by atoms with Gasteiger partial charge in [0.25, 0.3) is 0 Å². The van der Waals surface area contributed by atoms with Crippen molar-refractivity contribution < 1.29 is 9.53 Å². The van der Waals surface area contributed by atoms with Crippen LogP contribution >= 0.6 is 11.3 Å². The van der Waals surface area contributed by atoms with Gasteiger partial charge in [0.15, 0.2) is 11.2 Å². The second-order valence-electron chi connectivity index (χ2n) is 8.10. The molecule has 0 unspecified atom stereocenters. The first-order chi connectivity index (χ1) is 15.6. The van der Waals surface area contributed by atoms with E-state index in [2.05, 4.69) is 15.5 Å². The second-order valence-corrected chi connectivity index (χ2v) is 9.18. The quantitative estimate of drug-likeness (QED) is 0.432. The third kappa shape index (κ3) is 4.16. The number of nitrogens with zero attached hydrogens (tertiary/aromatic N) is 1. The van der Waals surface area contributed by atoms with Crippen LogP contribution in [0.5, 0.6) is 5.75 Å². The van der Waals surface area contributed by atoms with Gasteiger partial charge in [-0.1, -0.05) is 12.5 Å². The van der Waals surface area contributed by atoms with Gasteiger partial charge >= 0.3 is 0 Å². The summed E-state index contributed by atoms with van der Waals surface area (Å²) in [4.78, 5) is 26.2. The van der Waals surface area contributed by atoms with Gasteiger partial charge in [-0.2, -0.15) is 5.10 Å². The molecule has 1 amide bonds. The number of hydrogen-bond donors (Lipinski definition) is 2. The van der Waals surface area contributed by atoms with Crippen LogP contribution in [0.1, 0.15) is 36.4 Å². The highest BCUT2D eigenvalue weighted by atomic mass is 32.1. The molecular weight excluding hydrogens is 422 g/mol. The van der Waals surface area contributed by atoms with Crippen LogP contribution in [-0.4, -0.2) is 23.2 Å². The number of anilines is 1. The first-order valence-electron chi connectivity index (χ1n) is 10.7. The molecule has 0 aliphatic heterocycles. The molecule has 1 aliphatic rings. The van der Waals surface area contributed by atoms with Gasteiger partial charge in [-0.25, -0.2) is 0 Å². The maximum atomic E-state index is 12.8. The van der Waals surface area contributed by atoms with Crippen LogP contribution < -0.4 is 15.5 Å². The van der Waals surface area contributed by atoms with Crippen molar-refractivity contribution in [2.45, 2.75) is 31.6 Å². The summed E-state index contributed by atoms with van der Waals surface area (Å²) in [6.07, 6.45) is 3.78. The van der Waals surface area contributed by atoms with Crippen molar-refractivity contribution in [1.82, 2.24) is 10.2 Å². The molecule has 6 nitrogen and oxygen atoms in total. The third-order valence-electron chi connectivity index (χ3n) is 5.94. The fraction of sp³-hybridized carbons (Fsp3) is 0.240. The number of carbonyl (C=O) groups excluding carboxylic acids is 1. The molecule has 1 saturated carbocycles. The van der Waals surface area contributed by atoms with Crippen LogP contribution in [0.25, 0.3) is 20.5 Å². The fourth-order valence-corrected chi connectivity index (χ4v) is 4.97. The molecule has 32 heavy (non-hydrogen) atoms. The number of fused-ring (bicyclic) bond motifs is 1. The maximum Gasteiger partial charge on any atom is 0.229 e. The van der Waals surface area contributed by atoms with Gasteiger partial charge < -0.3 is 10.1 Å². The standard InChI is InChI=1S/C25H23N3O3S/c1-31-18-8-6-17(7-9-18)23-14-21(29)19-11-15(5-10-22(19)32-23)12-25(30)26-24-13-20(27-28-24)16-3-2-4-16/h5-11,13-14,16H,2-4,12H2,1H3,(H2,26,27,28,30). The van der Waals surface area contributed by atoms with Crippen molar-refractivity contribution in [3.8, 4) is 16.2 Å². The molecule has 7 heteroatoms. The lowest BCUT2D eigenvalue weighted by Gasteiger charge is -2.23. The minimum atomic E-state index is -0.151. The Morgan fingerprint density at radius 1 is 1.16 bits per heavy atom. The molecule has 2 aromatic heterocycles. The monoisotopic (exact) mass is 445 g/mol. The normalized spacial score (nSPS) is 13.7. The Balaban J connectivity index is 1.32. The first kappa shape index (κ1) is 20.5. The summed E-state index contributed by atoms with van der Waals surface area (Å²) in [5, 5.41) is 10.7. The highest BCUT2D eigenvalue weighted by Gasteiger charge is 2.21. The molecule has 162 valence electrons. The molecule has 2 aromatic carbocycles. The average molecular weight is 446 g/mol. The lowest BCUT2D eigenvalue weighted by molar-refractivity contribution is -0.115. The van der Waals surface area contributed by atoms with E-state index in [1.165, 1.54) is 19.3 Å². The van der Waals surface area contributed by atoms with Crippen molar-refractivity contribution in [2.24, 2.45) is 0 Å². The Morgan fingerprint density at radius 3 is 2.69 bits per heavy atom. The first-order valence-corrected chi connectivity index (χ1v) is 11.5. The highest BCUT2D eigenvalue weighted by Crippen LogP contribution is 2.36. The molecule has 0 radical (unpaired) electrons. The Morgan fingerprint density at radius 2 is 1.97 bits per heavy atom. The van der Waals surface area contributed by atoms with Crippen LogP contribution in [0.3, 0.4) is 0 Å². The van der Waals surface area contributed by atoms with Crippen LogP contribution in [0.2, 0.25) is 0 Å². The number of hydrogen-bond acceptors (Lipinski definition) is 5. The van der Waals surface area contributed by atoms with Crippen LogP contribution in [0.15, 0.2) is 59.4 Å². The van der Waals surface area contributed by atoms with E-state index < -0.39 is 0 Å². The number of benzene rings is 2. The van der Waals surface area contributed by atoms with E-state index in [9.17, 15) is 9.59 Å². The zero-order valence-electron chi connectivity index (χ0n) is 17.7. The maximum absolute atomic E-state index is 12.8. The van der Waals surface area contributed by atoms with E-state index >= 15 is 0 Å². The fourth-order valence-electron chi connectivity index (χ4n) is 3.91. The summed E-state index contributed by atoms with van der Waals surface area (Å²) in [5.41, 5.74) is 2.80. The number of amides is 1. The lowest BCUT2D eigenvalue weighted by Crippen LogP contribution is -2.15. The Bertz CT molecular complexity index is 1340. The van der Waals surface area contributed by atoms with E-state index in [0.29, 0.717) is 17.1 Å². The van der Waals surface area contributed by atoms with Gasteiger partial charge in [0, 0.05) is 38.7 Å². The van der Waals surface area contributed by atoms with Crippen molar-refractivity contribution in [3.05, 3.63) is 76.1 Å². The molecule has 5 rings (SSSR count). The lowest BCUT2D eigenvalue weighted by atomic mass is 9.83. The van der Waals surface area contributed by atoms with E-state index in [-0.39, 0.29) is 17.8 Å². The molecule has 0 bridgehead atoms. The van der Waals surface area contributed by atoms with Crippen molar-refractivity contribution >= 4 is 33.1 Å². The van der Waals surface area contributed by atoms with Crippen LogP contribution in [0, 0.1) is 0 Å². The molecule has 4 aromatic rings. The summed E-state index contributed by atoms with van der Waals surface area (Å²) < 4.78 is 6.10. The molecule has 1 fully saturated rings. The Kier molecular flexibility index (Phi) is 5.49. The van der Waals surface area contributed by atoms with Gasteiger partial charge in [-0.3, -0.25) is 14.7 Å². The minimum absolute atomic E-state index is 0.0516. The largest absolute Gasteiger partial charge is 0.497 e. The minimum Gasteiger partial charge on any atom is -0.497 e. The van der Waals surface area contributed by atoms with Crippen molar-refractivity contribution in [1.29, 1.82) is 0 Å². The van der Waals surface area contributed by atoms with Crippen molar-refractivity contribution in [3.63, 3.8) is 0 Å². The predicted molar refractivity (Wildman–Crippen MR) is 128 cm³/mol. The number of ether oxygens (including phenoxy) is 1. The summed E-state index contributed by atoms with van der Waals surface area (Å²) in [6, 6.07) is 16.9. The topological polar surface area (TPSA) is 84.1 Å². The molecule has 1 aliphatic carbocycles. The second kappa shape index (κ2) is 8.59. The number of H-pyrrole nitrogens is 1. The van der Waals surface area contributed by atoms with Gasteiger partial charge in [0.2, 0.25) is 5.91 Å². The smallest absolute Gasteiger partial charge is 0.229 e. The number of aromatic amines is 1. The molecule has 2 heterocycles. The van der Waals surface area contributed by atoms with E-state index in [4.69, 9.17) is 4.74 Å². The third-order valence-corrected chi connectivity index (χ3v) is 7.09. The SMILES string of the molecule is COc1ccc(-c2cc(=O)c3cc(CC(=O)Nc4cc(C5CCC5)[nH]n4)ccc3s2)cc1. The van der Waals surface area contributed by atoms with Crippen molar-refractivity contribution in [2.75, 3.05) is 12.4 Å². The number of nitrogens with one attached hydrogen (secondary N) is 2.